The van der Waals surface area contributed by atoms with E-state index >= 15 is 0 Å². The quantitative estimate of drug-likeness (QED) is 0.670. The van der Waals surface area contributed by atoms with Gasteiger partial charge in [0.1, 0.15) is 6.04 Å². The average Bonchev–Trinajstić information content (AvgIpc) is 3.40. The van der Waals surface area contributed by atoms with Gasteiger partial charge in [-0.05, 0) is 61.6 Å². The maximum absolute atomic E-state index is 12.5. The van der Waals surface area contributed by atoms with Gasteiger partial charge in [-0.15, -0.1) is 0 Å². The molecule has 2 aromatic carbocycles. The van der Waals surface area contributed by atoms with E-state index in [1.165, 1.54) is 0 Å². The number of nitrogens with zero attached hydrogens (tertiary/aromatic N) is 2. The fourth-order valence-electron chi connectivity index (χ4n) is 2.99. The first kappa shape index (κ1) is 17.7. The Morgan fingerprint density at radius 1 is 1.22 bits per heavy atom. The SMILES string of the molecule is Cc1c(Cl)cccc1-c1ccc(C(=O)NC(C)c2nc(C3CC3)no2)cc1. The second kappa shape index (κ2) is 7.16. The minimum atomic E-state index is -0.340. The highest BCUT2D eigenvalue weighted by Gasteiger charge is 2.29. The number of hydrogen-bond acceptors (Lipinski definition) is 4. The van der Waals surface area contributed by atoms with Gasteiger partial charge in [-0.3, -0.25) is 4.79 Å². The van der Waals surface area contributed by atoms with Gasteiger partial charge in [0, 0.05) is 16.5 Å². The summed E-state index contributed by atoms with van der Waals surface area (Å²) in [7, 11) is 0. The molecule has 0 aliphatic heterocycles. The Bertz CT molecular complexity index is 977. The number of amides is 1. The molecule has 27 heavy (non-hydrogen) atoms. The molecular weight excluding hydrogens is 362 g/mol. The highest BCUT2D eigenvalue weighted by Crippen LogP contribution is 2.38. The molecule has 1 aliphatic rings. The Morgan fingerprint density at radius 3 is 2.67 bits per heavy atom. The van der Waals surface area contributed by atoms with Crippen LogP contribution in [-0.2, 0) is 0 Å². The molecule has 0 spiro atoms. The highest BCUT2D eigenvalue weighted by molar-refractivity contribution is 6.31. The largest absolute Gasteiger partial charge is 0.341 e. The van der Waals surface area contributed by atoms with Crippen LogP contribution in [0.5, 0.6) is 0 Å². The summed E-state index contributed by atoms with van der Waals surface area (Å²) in [5.41, 5.74) is 3.67. The molecule has 5 nitrogen and oxygen atoms in total. The Labute approximate surface area is 162 Å². The van der Waals surface area contributed by atoms with Crippen LogP contribution in [-0.4, -0.2) is 16.0 Å². The van der Waals surface area contributed by atoms with Crippen molar-refractivity contribution in [3.05, 3.63) is 70.3 Å². The zero-order chi connectivity index (χ0) is 19.0. The third-order valence-electron chi connectivity index (χ3n) is 4.84. The van der Waals surface area contributed by atoms with Gasteiger partial charge >= 0.3 is 0 Å². The normalized spacial score (nSPS) is 14.8. The van der Waals surface area contributed by atoms with E-state index in [1.54, 1.807) is 12.1 Å². The molecule has 1 N–H and O–H groups in total. The van der Waals surface area contributed by atoms with E-state index in [4.69, 9.17) is 16.1 Å². The Balaban J connectivity index is 1.46. The van der Waals surface area contributed by atoms with E-state index in [1.807, 2.05) is 44.2 Å². The third-order valence-corrected chi connectivity index (χ3v) is 5.25. The molecule has 0 bridgehead atoms. The van der Waals surface area contributed by atoms with Gasteiger partial charge in [-0.1, -0.05) is 41.0 Å². The number of aromatic nitrogens is 2. The summed E-state index contributed by atoms with van der Waals surface area (Å²) in [6.07, 6.45) is 2.22. The summed E-state index contributed by atoms with van der Waals surface area (Å²) in [4.78, 5) is 16.9. The van der Waals surface area contributed by atoms with Gasteiger partial charge in [0.05, 0.1) is 0 Å². The molecule has 3 aromatic rings. The topological polar surface area (TPSA) is 68.0 Å². The molecule has 4 rings (SSSR count). The van der Waals surface area contributed by atoms with E-state index in [2.05, 4.69) is 15.5 Å². The molecule has 1 unspecified atom stereocenters. The lowest BCUT2D eigenvalue weighted by Gasteiger charge is -2.11. The van der Waals surface area contributed by atoms with Crippen LogP contribution in [0.3, 0.4) is 0 Å². The highest BCUT2D eigenvalue weighted by atomic mass is 35.5. The molecule has 1 aliphatic carbocycles. The van der Waals surface area contributed by atoms with Gasteiger partial charge in [0.2, 0.25) is 5.89 Å². The fourth-order valence-corrected chi connectivity index (χ4v) is 3.17. The van der Waals surface area contributed by atoms with E-state index < -0.39 is 0 Å². The number of carbonyl (C=O) groups excluding carboxylic acids is 1. The lowest BCUT2D eigenvalue weighted by atomic mass is 9.99. The van der Waals surface area contributed by atoms with Gasteiger partial charge < -0.3 is 9.84 Å². The lowest BCUT2D eigenvalue weighted by Crippen LogP contribution is -2.26. The summed E-state index contributed by atoms with van der Waals surface area (Å²) < 4.78 is 5.28. The summed E-state index contributed by atoms with van der Waals surface area (Å²) in [6.45, 7) is 3.83. The molecule has 6 heteroatoms. The Morgan fingerprint density at radius 2 is 1.96 bits per heavy atom. The van der Waals surface area contributed by atoms with Gasteiger partial charge in [-0.2, -0.15) is 4.98 Å². The van der Waals surface area contributed by atoms with Crippen molar-refractivity contribution in [1.82, 2.24) is 15.5 Å². The molecule has 1 fully saturated rings. The van der Waals surface area contributed by atoms with Crippen LogP contribution < -0.4 is 5.32 Å². The number of carbonyl (C=O) groups is 1. The smallest absolute Gasteiger partial charge is 0.251 e. The first-order chi connectivity index (χ1) is 13.0. The van der Waals surface area contributed by atoms with Crippen LogP contribution in [0.1, 0.15) is 59.4 Å². The second-order valence-electron chi connectivity index (χ2n) is 6.95. The minimum absolute atomic E-state index is 0.178. The second-order valence-corrected chi connectivity index (χ2v) is 7.36. The zero-order valence-electron chi connectivity index (χ0n) is 15.2. The predicted octanol–water partition coefficient (Wildman–Crippen LogP) is 5.07. The third kappa shape index (κ3) is 3.74. The average molecular weight is 382 g/mol. The van der Waals surface area contributed by atoms with Crippen LogP contribution in [0.4, 0.5) is 0 Å². The van der Waals surface area contributed by atoms with Crippen molar-refractivity contribution in [3.63, 3.8) is 0 Å². The van der Waals surface area contributed by atoms with E-state index in [-0.39, 0.29) is 11.9 Å². The van der Waals surface area contributed by atoms with Crippen LogP contribution in [0.15, 0.2) is 47.0 Å². The van der Waals surface area contributed by atoms with Gasteiger partial charge in [-0.25, -0.2) is 0 Å². The van der Waals surface area contributed by atoms with Crippen molar-refractivity contribution in [3.8, 4) is 11.1 Å². The van der Waals surface area contributed by atoms with Crippen molar-refractivity contribution in [2.24, 2.45) is 0 Å². The zero-order valence-corrected chi connectivity index (χ0v) is 16.0. The van der Waals surface area contributed by atoms with Crippen LogP contribution in [0, 0.1) is 6.92 Å². The molecular formula is C21H20ClN3O2. The number of benzene rings is 2. The monoisotopic (exact) mass is 381 g/mol. The molecule has 1 aromatic heterocycles. The van der Waals surface area contributed by atoms with Crippen LogP contribution in [0.25, 0.3) is 11.1 Å². The molecule has 0 saturated heterocycles. The van der Waals surface area contributed by atoms with Crippen molar-refractivity contribution < 1.29 is 9.32 Å². The fraction of sp³-hybridized carbons (Fsp3) is 0.286. The van der Waals surface area contributed by atoms with Crippen LogP contribution in [0.2, 0.25) is 5.02 Å². The first-order valence-corrected chi connectivity index (χ1v) is 9.40. The van der Waals surface area contributed by atoms with E-state index in [0.717, 1.165) is 40.4 Å². The predicted molar refractivity (Wildman–Crippen MR) is 104 cm³/mol. The van der Waals surface area contributed by atoms with Crippen molar-refractivity contribution >= 4 is 17.5 Å². The summed E-state index contributed by atoms with van der Waals surface area (Å²) in [5.74, 6) is 1.43. The summed E-state index contributed by atoms with van der Waals surface area (Å²) >= 11 is 6.20. The molecule has 1 amide bonds. The molecule has 0 radical (unpaired) electrons. The molecule has 1 heterocycles. The molecule has 1 saturated carbocycles. The number of nitrogens with one attached hydrogen (secondary N) is 1. The molecule has 1 atom stereocenters. The van der Waals surface area contributed by atoms with Crippen molar-refractivity contribution in [2.75, 3.05) is 0 Å². The first-order valence-electron chi connectivity index (χ1n) is 9.03. The van der Waals surface area contributed by atoms with Gasteiger partial charge in [0.15, 0.2) is 5.82 Å². The lowest BCUT2D eigenvalue weighted by molar-refractivity contribution is 0.0932. The number of halogens is 1. The summed E-state index contributed by atoms with van der Waals surface area (Å²) in [5, 5.41) is 7.63. The maximum atomic E-state index is 12.5. The minimum Gasteiger partial charge on any atom is -0.341 e. The Hall–Kier alpha value is -2.66. The molecule has 138 valence electrons. The number of rotatable bonds is 5. The standard InChI is InChI=1S/C21H20ClN3O2/c1-12-17(4-3-5-18(12)22)14-6-10-16(11-7-14)20(26)23-13(2)21-24-19(25-27-21)15-8-9-15/h3-7,10-11,13,15H,8-9H2,1-2H3,(H,23,26). The van der Waals surface area contributed by atoms with Crippen LogP contribution >= 0.6 is 11.6 Å². The van der Waals surface area contributed by atoms with Crippen molar-refractivity contribution in [1.29, 1.82) is 0 Å². The Kier molecular flexibility index (Phi) is 4.70. The number of hydrogen-bond donors (Lipinski definition) is 1. The van der Waals surface area contributed by atoms with Gasteiger partial charge in [0.25, 0.3) is 5.91 Å². The summed E-state index contributed by atoms with van der Waals surface area (Å²) in [6, 6.07) is 12.9. The van der Waals surface area contributed by atoms with E-state index in [9.17, 15) is 4.79 Å². The van der Waals surface area contributed by atoms with Crippen molar-refractivity contribution in [2.45, 2.75) is 38.6 Å². The maximum Gasteiger partial charge on any atom is 0.251 e. The van der Waals surface area contributed by atoms with E-state index in [0.29, 0.717) is 17.4 Å².